The Kier molecular flexibility index (Phi) is 5.46. The molecule has 4 heterocycles. The van der Waals surface area contributed by atoms with E-state index in [2.05, 4.69) is 20.9 Å². The second-order valence-corrected chi connectivity index (χ2v) is 7.34. The lowest BCUT2D eigenvalue weighted by Crippen LogP contribution is -2.47. The Bertz CT molecular complexity index is 672. The van der Waals surface area contributed by atoms with Gasteiger partial charge in [0.05, 0.1) is 12.2 Å². The second-order valence-electron chi connectivity index (χ2n) is 7.34. The first-order valence-corrected chi connectivity index (χ1v) is 9.63. The average molecular weight is 353 g/mol. The van der Waals surface area contributed by atoms with Gasteiger partial charge in [0.2, 0.25) is 5.88 Å². The fraction of sp³-hybridized carbons (Fsp3) is 0.524. The first-order valence-electron chi connectivity index (χ1n) is 9.63. The van der Waals surface area contributed by atoms with Gasteiger partial charge >= 0.3 is 0 Å². The maximum atomic E-state index is 6.29. The van der Waals surface area contributed by atoms with Crippen molar-refractivity contribution in [2.24, 2.45) is 5.92 Å². The van der Waals surface area contributed by atoms with Crippen LogP contribution in [0.25, 0.3) is 0 Å². The van der Waals surface area contributed by atoms with Crippen LogP contribution in [0.1, 0.15) is 31.2 Å². The highest BCUT2D eigenvalue weighted by atomic mass is 16.5. The van der Waals surface area contributed by atoms with E-state index in [9.17, 15) is 0 Å². The van der Waals surface area contributed by atoms with Crippen LogP contribution >= 0.6 is 0 Å². The summed E-state index contributed by atoms with van der Waals surface area (Å²) in [5, 5.41) is 0. The lowest BCUT2D eigenvalue weighted by atomic mass is 9.78. The molecule has 0 aromatic carbocycles. The molecule has 2 aromatic rings. The molecule has 0 bridgehead atoms. The van der Waals surface area contributed by atoms with Crippen LogP contribution in [-0.4, -0.2) is 46.8 Å². The lowest BCUT2D eigenvalue weighted by Gasteiger charge is -2.42. The maximum absolute atomic E-state index is 6.29. The summed E-state index contributed by atoms with van der Waals surface area (Å²) in [5.41, 5.74) is 1.34. The molecule has 138 valence electrons. The number of pyridine rings is 2. The van der Waals surface area contributed by atoms with E-state index in [0.717, 1.165) is 51.9 Å². The number of ether oxygens (including phenoxy) is 2. The smallest absolute Gasteiger partial charge is 0.213 e. The summed E-state index contributed by atoms with van der Waals surface area (Å²) in [4.78, 5) is 11.0. The van der Waals surface area contributed by atoms with Crippen molar-refractivity contribution in [3.63, 3.8) is 0 Å². The molecular weight excluding hydrogens is 326 g/mol. The van der Waals surface area contributed by atoms with E-state index < -0.39 is 0 Å². The van der Waals surface area contributed by atoms with Crippen molar-refractivity contribution < 1.29 is 9.47 Å². The predicted molar refractivity (Wildman–Crippen MR) is 99.9 cm³/mol. The molecule has 2 aromatic heterocycles. The molecule has 0 aliphatic carbocycles. The van der Waals surface area contributed by atoms with Gasteiger partial charge in [-0.1, -0.05) is 12.1 Å². The minimum atomic E-state index is 0.0545. The third-order valence-electron chi connectivity index (χ3n) is 5.79. The minimum absolute atomic E-state index is 0.0545. The molecule has 2 fully saturated rings. The molecule has 0 radical (unpaired) electrons. The second kappa shape index (κ2) is 8.14. The number of likely N-dealkylation sites (tertiary alicyclic amines) is 1. The summed E-state index contributed by atoms with van der Waals surface area (Å²) in [6, 6.07) is 9.95. The molecule has 0 unspecified atom stereocenters. The Hall–Kier alpha value is -1.98. The average Bonchev–Trinajstić information content (AvgIpc) is 3.08. The van der Waals surface area contributed by atoms with E-state index in [0.29, 0.717) is 18.4 Å². The molecular formula is C21H27N3O2. The molecule has 26 heavy (non-hydrogen) atoms. The van der Waals surface area contributed by atoms with Gasteiger partial charge in [0.1, 0.15) is 0 Å². The Morgan fingerprint density at radius 1 is 1.15 bits per heavy atom. The van der Waals surface area contributed by atoms with Crippen LogP contribution in [0.2, 0.25) is 0 Å². The monoisotopic (exact) mass is 353 g/mol. The van der Waals surface area contributed by atoms with Gasteiger partial charge in [-0.3, -0.25) is 9.88 Å². The van der Waals surface area contributed by atoms with Gasteiger partial charge in [-0.05, 0) is 49.3 Å². The Morgan fingerprint density at radius 3 is 2.85 bits per heavy atom. The Balaban J connectivity index is 1.28. The van der Waals surface area contributed by atoms with E-state index in [1.165, 1.54) is 5.56 Å². The molecule has 0 saturated carbocycles. The normalized spacial score (nSPS) is 22.5. The molecule has 1 atom stereocenters. The predicted octanol–water partition coefficient (Wildman–Crippen LogP) is 3.32. The van der Waals surface area contributed by atoms with Crippen LogP contribution in [0.4, 0.5) is 0 Å². The Morgan fingerprint density at radius 2 is 2.08 bits per heavy atom. The first kappa shape index (κ1) is 17.4. The molecule has 2 aliphatic heterocycles. The van der Waals surface area contributed by atoms with Gasteiger partial charge < -0.3 is 9.47 Å². The van der Waals surface area contributed by atoms with Gasteiger partial charge in [-0.2, -0.15) is 0 Å². The van der Waals surface area contributed by atoms with Crippen LogP contribution in [0.3, 0.4) is 0 Å². The van der Waals surface area contributed by atoms with Crippen molar-refractivity contribution in [2.45, 2.75) is 37.8 Å². The van der Waals surface area contributed by atoms with Crippen LogP contribution in [0.15, 0.2) is 48.9 Å². The van der Waals surface area contributed by atoms with Crippen LogP contribution < -0.4 is 4.74 Å². The summed E-state index contributed by atoms with van der Waals surface area (Å²) in [6.45, 7) is 4.76. The number of hydrogen-bond donors (Lipinski definition) is 0. The van der Waals surface area contributed by atoms with Gasteiger partial charge in [-0.25, -0.2) is 4.98 Å². The highest BCUT2D eigenvalue weighted by Gasteiger charge is 2.45. The Labute approximate surface area is 155 Å². The molecule has 2 aliphatic rings. The molecule has 0 amide bonds. The quantitative estimate of drug-likeness (QED) is 0.797. The number of aromatic nitrogens is 2. The zero-order chi connectivity index (χ0) is 17.7. The molecule has 4 rings (SSSR count). The number of rotatable bonds is 6. The molecule has 2 saturated heterocycles. The SMILES string of the molecule is c1ccc(OCC[C@@H]2CCOC23CCN(Cc2cccnc2)CC3)nc1. The van der Waals surface area contributed by atoms with Gasteiger partial charge in [0, 0.05) is 50.9 Å². The van der Waals surface area contributed by atoms with E-state index >= 15 is 0 Å². The third kappa shape index (κ3) is 4.05. The zero-order valence-electron chi connectivity index (χ0n) is 15.2. The lowest BCUT2D eigenvalue weighted by molar-refractivity contribution is -0.0709. The highest BCUT2D eigenvalue weighted by Crippen LogP contribution is 2.42. The van der Waals surface area contributed by atoms with Crippen molar-refractivity contribution in [1.29, 1.82) is 0 Å². The maximum Gasteiger partial charge on any atom is 0.213 e. The first-order chi connectivity index (χ1) is 12.8. The standard InChI is InChI=1S/C21H27N3O2/c1-2-11-23-20(5-1)25-14-6-19-7-15-26-21(19)8-12-24(13-9-21)17-18-4-3-10-22-16-18/h1-5,10-11,16,19H,6-9,12-15,17H2/t19-/m1/s1. The van der Waals surface area contributed by atoms with E-state index in [4.69, 9.17) is 9.47 Å². The minimum Gasteiger partial charge on any atom is -0.478 e. The van der Waals surface area contributed by atoms with E-state index in [1.54, 1.807) is 6.20 Å². The molecule has 5 nitrogen and oxygen atoms in total. The fourth-order valence-electron chi connectivity index (χ4n) is 4.32. The van der Waals surface area contributed by atoms with Crippen molar-refractivity contribution in [3.05, 3.63) is 54.5 Å². The largest absolute Gasteiger partial charge is 0.478 e. The fourth-order valence-corrected chi connectivity index (χ4v) is 4.32. The summed E-state index contributed by atoms with van der Waals surface area (Å²) >= 11 is 0. The van der Waals surface area contributed by atoms with Gasteiger partial charge in [-0.15, -0.1) is 0 Å². The topological polar surface area (TPSA) is 47.5 Å². The van der Waals surface area contributed by atoms with Crippen molar-refractivity contribution >= 4 is 0 Å². The van der Waals surface area contributed by atoms with Crippen molar-refractivity contribution in [3.8, 4) is 5.88 Å². The molecule has 1 spiro atoms. The number of piperidine rings is 1. The molecule has 0 N–H and O–H groups in total. The van der Waals surface area contributed by atoms with Crippen molar-refractivity contribution in [1.82, 2.24) is 14.9 Å². The number of hydrogen-bond acceptors (Lipinski definition) is 5. The zero-order valence-corrected chi connectivity index (χ0v) is 15.2. The summed E-state index contributed by atoms with van der Waals surface area (Å²) < 4.78 is 12.1. The summed E-state index contributed by atoms with van der Waals surface area (Å²) in [5.74, 6) is 1.30. The van der Waals surface area contributed by atoms with Crippen LogP contribution in [0.5, 0.6) is 5.88 Å². The summed E-state index contributed by atoms with van der Waals surface area (Å²) in [6.07, 6.45) is 9.98. The highest BCUT2D eigenvalue weighted by molar-refractivity contribution is 5.10. The van der Waals surface area contributed by atoms with E-state index in [1.807, 2.05) is 36.7 Å². The van der Waals surface area contributed by atoms with Gasteiger partial charge in [0.15, 0.2) is 0 Å². The van der Waals surface area contributed by atoms with Crippen LogP contribution in [0, 0.1) is 5.92 Å². The van der Waals surface area contributed by atoms with E-state index in [-0.39, 0.29) is 5.60 Å². The van der Waals surface area contributed by atoms with Crippen LogP contribution in [-0.2, 0) is 11.3 Å². The van der Waals surface area contributed by atoms with Crippen molar-refractivity contribution in [2.75, 3.05) is 26.3 Å². The molecule has 5 heteroatoms. The third-order valence-corrected chi connectivity index (χ3v) is 5.79. The van der Waals surface area contributed by atoms with Gasteiger partial charge in [0.25, 0.3) is 0 Å². The number of nitrogens with zero attached hydrogens (tertiary/aromatic N) is 3. The summed E-state index contributed by atoms with van der Waals surface area (Å²) in [7, 11) is 0.